The Bertz CT molecular complexity index is 268. The average molecular weight is 171 g/mol. The molecule has 1 aromatic rings. The monoisotopic (exact) mass is 171 g/mol. The van der Waals surface area contributed by atoms with Gasteiger partial charge in [0.1, 0.15) is 0 Å². The van der Waals surface area contributed by atoms with Gasteiger partial charge in [0.05, 0.1) is 0 Å². The molecule has 1 heterocycles. The third-order valence-corrected chi connectivity index (χ3v) is 1.37. The Labute approximate surface area is 68.6 Å². The molecule has 0 bridgehead atoms. The van der Waals surface area contributed by atoms with E-state index >= 15 is 0 Å². The van der Waals surface area contributed by atoms with Crippen LogP contribution in [0.2, 0.25) is 0 Å². The van der Waals surface area contributed by atoms with E-state index in [1.807, 2.05) is 0 Å². The first-order chi connectivity index (χ1) is 5.74. The molecule has 0 aliphatic heterocycles. The summed E-state index contributed by atoms with van der Waals surface area (Å²) in [5.41, 5.74) is 0.653. The molecule has 0 fully saturated rings. The number of aromatic amines is 1. The lowest BCUT2D eigenvalue weighted by Crippen LogP contribution is -2.04. The normalized spacial score (nSPS) is 9.75. The van der Waals surface area contributed by atoms with Gasteiger partial charge in [-0.3, -0.25) is 0 Å². The van der Waals surface area contributed by atoms with E-state index in [-0.39, 0.29) is 12.4 Å². The average Bonchev–Trinajstić information content (AvgIpc) is 2.37. The molecule has 0 atom stereocenters. The predicted molar refractivity (Wildman–Crippen MR) is 40.2 cm³/mol. The van der Waals surface area contributed by atoms with Gasteiger partial charge in [-0.15, -0.1) is 0 Å². The standard InChI is InChI=1S/C7H9NO4/c9-2-1-5-3-8-4-6(5)12-7(10)11/h3-4,8-9H,1-2H2,(H,10,11). The predicted octanol–water partition coefficient (Wildman–Crippen LogP) is 0.606. The third-order valence-electron chi connectivity index (χ3n) is 1.37. The Balaban J connectivity index is 2.69. The number of hydrogen-bond donors (Lipinski definition) is 3. The first kappa shape index (κ1) is 8.61. The summed E-state index contributed by atoms with van der Waals surface area (Å²) >= 11 is 0. The number of ether oxygens (including phenoxy) is 1. The summed E-state index contributed by atoms with van der Waals surface area (Å²) in [7, 11) is 0. The zero-order chi connectivity index (χ0) is 8.97. The summed E-state index contributed by atoms with van der Waals surface area (Å²) in [5.74, 6) is 0.247. The summed E-state index contributed by atoms with van der Waals surface area (Å²) < 4.78 is 4.41. The van der Waals surface area contributed by atoms with Crippen molar-refractivity contribution in [3.63, 3.8) is 0 Å². The number of aromatic nitrogens is 1. The van der Waals surface area contributed by atoms with Crippen LogP contribution < -0.4 is 4.74 Å². The summed E-state index contributed by atoms with van der Waals surface area (Å²) in [4.78, 5) is 12.8. The van der Waals surface area contributed by atoms with Crippen molar-refractivity contribution in [1.82, 2.24) is 4.98 Å². The number of H-pyrrole nitrogens is 1. The van der Waals surface area contributed by atoms with Gasteiger partial charge in [0.2, 0.25) is 0 Å². The van der Waals surface area contributed by atoms with Crippen molar-refractivity contribution in [2.45, 2.75) is 6.42 Å². The van der Waals surface area contributed by atoms with Gasteiger partial charge in [0.15, 0.2) is 5.75 Å². The molecule has 0 radical (unpaired) electrons. The van der Waals surface area contributed by atoms with Gasteiger partial charge in [-0.1, -0.05) is 0 Å². The quantitative estimate of drug-likeness (QED) is 0.582. The zero-order valence-electron chi connectivity index (χ0n) is 6.28. The molecule has 0 saturated carbocycles. The second-order valence-corrected chi connectivity index (χ2v) is 2.19. The van der Waals surface area contributed by atoms with Crippen molar-refractivity contribution >= 4 is 6.16 Å². The molecule has 1 aromatic heterocycles. The first-order valence-corrected chi connectivity index (χ1v) is 3.41. The molecule has 5 nitrogen and oxygen atoms in total. The molecule has 0 aliphatic rings. The van der Waals surface area contributed by atoms with E-state index < -0.39 is 6.16 Å². The van der Waals surface area contributed by atoms with Crippen molar-refractivity contribution in [3.05, 3.63) is 18.0 Å². The van der Waals surface area contributed by atoms with Crippen LogP contribution in [-0.4, -0.2) is 28.0 Å². The highest BCUT2D eigenvalue weighted by molar-refractivity contribution is 5.61. The van der Waals surface area contributed by atoms with Crippen LogP contribution in [0.5, 0.6) is 5.75 Å². The van der Waals surface area contributed by atoms with Gasteiger partial charge in [-0.25, -0.2) is 4.79 Å². The van der Waals surface area contributed by atoms with Crippen LogP contribution in [0.25, 0.3) is 0 Å². The largest absolute Gasteiger partial charge is 0.511 e. The van der Waals surface area contributed by atoms with Gasteiger partial charge in [0, 0.05) is 31.0 Å². The Morgan fingerprint density at radius 1 is 1.58 bits per heavy atom. The minimum Gasteiger partial charge on any atom is -0.449 e. The van der Waals surface area contributed by atoms with Crippen LogP contribution >= 0.6 is 0 Å². The third kappa shape index (κ3) is 2.00. The number of rotatable bonds is 3. The van der Waals surface area contributed by atoms with E-state index in [9.17, 15) is 4.79 Å². The van der Waals surface area contributed by atoms with Gasteiger partial charge in [-0.05, 0) is 0 Å². The van der Waals surface area contributed by atoms with Crippen molar-refractivity contribution < 1.29 is 19.7 Å². The summed E-state index contributed by atoms with van der Waals surface area (Å²) in [5, 5.41) is 16.9. The maximum Gasteiger partial charge on any atom is 0.511 e. The first-order valence-electron chi connectivity index (χ1n) is 3.41. The minimum absolute atomic E-state index is 0.0339. The minimum atomic E-state index is -1.35. The number of aliphatic hydroxyl groups is 1. The Hall–Kier alpha value is -1.49. The molecule has 0 saturated heterocycles. The van der Waals surface area contributed by atoms with E-state index in [1.54, 1.807) is 6.20 Å². The molecule has 0 aromatic carbocycles. The summed E-state index contributed by atoms with van der Waals surface area (Å²) in [6.45, 7) is -0.0339. The highest BCUT2D eigenvalue weighted by Gasteiger charge is 2.07. The fourth-order valence-corrected chi connectivity index (χ4v) is 0.887. The molecule has 1 rings (SSSR count). The molecule has 5 heteroatoms. The van der Waals surface area contributed by atoms with Crippen LogP contribution in [0, 0.1) is 0 Å². The number of carbonyl (C=O) groups is 1. The van der Waals surface area contributed by atoms with Crippen LogP contribution in [0.15, 0.2) is 12.4 Å². The van der Waals surface area contributed by atoms with E-state index in [2.05, 4.69) is 9.72 Å². The lowest BCUT2D eigenvalue weighted by molar-refractivity contribution is 0.144. The second-order valence-electron chi connectivity index (χ2n) is 2.19. The summed E-state index contributed by atoms with van der Waals surface area (Å²) in [6.07, 6.45) is 2.05. The van der Waals surface area contributed by atoms with E-state index in [0.29, 0.717) is 12.0 Å². The highest BCUT2D eigenvalue weighted by atomic mass is 16.7. The number of nitrogens with one attached hydrogen (secondary N) is 1. The van der Waals surface area contributed by atoms with E-state index in [0.717, 1.165) is 0 Å². The van der Waals surface area contributed by atoms with Gasteiger partial charge in [-0.2, -0.15) is 0 Å². The molecule has 0 aliphatic carbocycles. The SMILES string of the molecule is O=C(O)Oc1c[nH]cc1CCO. The van der Waals surface area contributed by atoms with Crippen molar-refractivity contribution in [2.24, 2.45) is 0 Å². The lowest BCUT2D eigenvalue weighted by atomic mass is 10.2. The second kappa shape index (κ2) is 3.77. The van der Waals surface area contributed by atoms with Crippen molar-refractivity contribution in [2.75, 3.05) is 6.61 Å². The Morgan fingerprint density at radius 2 is 2.33 bits per heavy atom. The van der Waals surface area contributed by atoms with Gasteiger partial charge < -0.3 is 19.9 Å². The molecule has 0 amide bonds. The molecule has 12 heavy (non-hydrogen) atoms. The summed E-state index contributed by atoms with van der Waals surface area (Å²) in [6, 6.07) is 0. The Kier molecular flexibility index (Phi) is 2.71. The molecular formula is C7H9NO4. The maximum absolute atomic E-state index is 10.1. The molecule has 0 spiro atoms. The van der Waals surface area contributed by atoms with E-state index in [4.69, 9.17) is 10.2 Å². The molecular weight excluding hydrogens is 162 g/mol. The van der Waals surface area contributed by atoms with E-state index in [1.165, 1.54) is 6.20 Å². The van der Waals surface area contributed by atoms with Crippen LogP contribution in [0.1, 0.15) is 5.56 Å². The number of hydrogen-bond acceptors (Lipinski definition) is 3. The van der Waals surface area contributed by atoms with Gasteiger partial charge in [0.25, 0.3) is 0 Å². The van der Waals surface area contributed by atoms with Crippen LogP contribution in [0.4, 0.5) is 4.79 Å². The maximum atomic E-state index is 10.1. The Morgan fingerprint density at radius 3 is 2.92 bits per heavy atom. The topological polar surface area (TPSA) is 82.5 Å². The van der Waals surface area contributed by atoms with Crippen LogP contribution in [-0.2, 0) is 6.42 Å². The van der Waals surface area contributed by atoms with Crippen molar-refractivity contribution in [3.8, 4) is 5.75 Å². The van der Waals surface area contributed by atoms with Crippen molar-refractivity contribution in [1.29, 1.82) is 0 Å². The lowest BCUT2D eigenvalue weighted by Gasteiger charge is -1.98. The fourth-order valence-electron chi connectivity index (χ4n) is 0.887. The molecule has 0 unspecified atom stereocenters. The van der Waals surface area contributed by atoms with Crippen LogP contribution in [0.3, 0.4) is 0 Å². The molecule has 3 N–H and O–H groups in total. The zero-order valence-corrected chi connectivity index (χ0v) is 6.28. The molecule has 66 valence electrons. The fraction of sp³-hybridized carbons (Fsp3) is 0.286. The highest BCUT2D eigenvalue weighted by Crippen LogP contribution is 2.17. The van der Waals surface area contributed by atoms with Gasteiger partial charge >= 0.3 is 6.16 Å². The smallest absolute Gasteiger partial charge is 0.449 e. The number of aliphatic hydroxyl groups excluding tert-OH is 1. The number of carboxylic acid groups (broad SMARTS) is 1.